The third kappa shape index (κ3) is 1.96. The third-order valence-electron chi connectivity index (χ3n) is 3.81. The van der Waals surface area contributed by atoms with Crippen LogP contribution in [0.25, 0.3) is 0 Å². The third-order valence-corrected chi connectivity index (χ3v) is 4.82. The van der Waals surface area contributed by atoms with Gasteiger partial charge in [-0.3, -0.25) is 0 Å². The Labute approximate surface area is 96.0 Å². The first-order chi connectivity index (χ1) is 7.43. The van der Waals surface area contributed by atoms with Crippen molar-refractivity contribution in [1.29, 1.82) is 0 Å². The number of hydrogen-bond acceptors (Lipinski definition) is 1. The predicted octanol–water partition coefficient (Wildman–Crippen LogP) is 3.85. The van der Waals surface area contributed by atoms with Gasteiger partial charge >= 0.3 is 0 Å². The highest BCUT2D eigenvalue weighted by molar-refractivity contribution is 7.98. The molecule has 1 aliphatic carbocycles. The summed E-state index contributed by atoms with van der Waals surface area (Å²) in [6.45, 7) is 0. The van der Waals surface area contributed by atoms with Crippen molar-refractivity contribution in [2.75, 3.05) is 5.75 Å². The second-order valence-electron chi connectivity index (χ2n) is 4.87. The first-order valence-corrected chi connectivity index (χ1v) is 7.37. The zero-order chi connectivity index (χ0) is 10.1. The number of H-pyrrole nitrogens is 1. The Bertz CT molecular complexity index is 313. The highest BCUT2D eigenvalue weighted by Crippen LogP contribution is 2.35. The summed E-state index contributed by atoms with van der Waals surface area (Å²) in [6.07, 6.45) is 8.39. The average Bonchev–Trinajstić information content (AvgIpc) is 2.74. The van der Waals surface area contributed by atoms with Crippen molar-refractivity contribution in [1.82, 2.24) is 4.98 Å². The van der Waals surface area contributed by atoms with Crippen molar-refractivity contribution in [2.45, 2.75) is 50.2 Å². The highest BCUT2D eigenvalue weighted by atomic mass is 32.2. The zero-order valence-electron chi connectivity index (χ0n) is 9.22. The number of hydrogen-bond donors (Lipinski definition) is 1. The van der Waals surface area contributed by atoms with Gasteiger partial charge in [0.25, 0.3) is 0 Å². The highest BCUT2D eigenvalue weighted by Gasteiger charge is 2.20. The Hall–Kier alpha value is -0.370. The molecule has 0 radical (unpaired) electrons. The Kier molecular flexibility index (Phi) is 2.78. The molecule has 2 heterocycles. The smallest absolute Gasteiger partial charge is 0.0202 e. The topological polar surface area (TPSA) is 15.8 Å². The molecule has 1 saturated carbocycles. The zero-order valence-corrected chi connectivity index (χ0v) is 10.0. The Morgan fingerprint density at radius 3 is 2.87 bits per heavy atom. The van der Waals surface area contributed by atoms with Crippen LogP contribution in [0.3, 0.4) is 0 Å². The van der Waals surface area contributed by atoms with Crippen LogP contribution in [0.15, 0.2) is 6.07 Å². The number of aromatic nitrogens is 1. The normalized spacial score (nSPS) is 22.7. The minimum absolute atomic E-state index is 0.842. The second-order valence-corrected chi connectivity index (χ2v) is 5.97. The van der Waals surface area contributed by atoms with Crippen LogP contribution < -0.4 is 0 Å². The van der Waals surface area contributed by atoms with Crippen LogP contribution in [0.5, 0.6) is 0 Å². The summed E-state index contributed by atoms with van der Waals surface area (Å²) in [4.78, 5) is 3.69. The number of aryl methyl sites for hydroxylation is 1. The minimum Gasteiger partial charge on any atom is -0.362 e. The van der Waals surface area contributed by atoms with Crippen LogP contribution in [-0.2, 0) is 12.2 Å². The fraction of sp³-hybridized carbons (Fsp3) is 0.692. The van der Waals surface area contributed by atoms with Gasteiger partial charge in [-0.2, -0.15) is 11.8 Å². The van der Waals surface area contributed by atoms with Gasteiger partial charge in [0.1, 0.15) is 0 Å². The molecule has 1 aromatic heterocycles. The molecule has 1 N–H and O–H groups in total. The molecule has 1 nitrogen and oxygen atoms in total. The number of fused-ring (bicyclic) bond motifs is 1. The summed E-state index contributed by atoms with van der Waals surface area (Å²) in [6, 6.07) is 2.46. The van der Waals surface area contributed by atoms with E-state index in [2.05, 4.69) is 22.8 Å². The van der Waals surface area contributed by atoms with Gasteiger partial charge in [0, 0.05) is 17.1 Å². The number of thioether (sulfide) groups is 1. The van der Waals surface area contributed by atoms with Crippen molar-refractivity contribution in [3.8, 4) is 0 Å². The van der Waals surface area contributed by atoms with E-state index in [0.717, 1.165) is 5.92 Å². The first-order valence-electron chi connectivity index (χ1n) is 6.22. The molecule has 1 aromatic rings. The number of aromatic amines is 1. The molecule has 0 saturated heterocycles. The van der Waals surface area contributed by atoms with Gasteiger partial charge in [-0.05, 0) is 42.6 Å². The molecule has 82 valence electrons. The summed E-state index contributed by atoms with van der Waals surface area (Å²) in [7, 11) is 0. The van der Waals surface area contributed by atoms with Gasteiger partial charge in [0.2, 0.25) is 0 Å². The van der Waals surface area contributed by atoms with Gasteiger partial charge in [0.05, 0.1) is 0 Å². The van der Waals surface area contributed by atoms with Gasteiger partial charge < -0.3 is 4.98 Å². The first kappa shape index (κ1) is 9.83. The van der Waals surface area contributed by atoms with Crippen LogP contribution >= 0.6 is 11.8 Å². The molecule has 0 unspecified atom stereocenters. The fourth-order valence-corrected chi connectivity index (χ4v) is 3.88. The molecule has 2 aliphatic rings. The number of nitrogens with one attached hydrogen (secondary N) is 1. The summed E-state index contributed by atoms with van der Waals surface area (Å²) >= 11 is 2.08. The molecule has 1 aliphatic heterocycles. The molecule has 0 bridgehead atoms. The quantitative estimate of drug-likeness (QED) is 0.761. The van der Waals surface area contributed by atoms with Crippen LogP contribution in [0.4, 0.5) is 0 Å². The van der Waals surface area contributed by atoms with Crippen molar-refractivity contribution >= 4 is 11.8 Å². The van der Waals surface area contributed by atoms with Crippen LogP contribution in [-0.4, -0.2) is 10.7 Å². The average molecular weight is 221 g/mol. The molecule has 0 atom stereocenters. The summed E-state index contributed by atoms with van der Waals surface area (Å²) in [5.41, 5.74) is 4.67. The van der Waals surface area contributed by atoms with Gasteiger partial charge in [-0.15, -0.1) is 0 Å². The SMILES string of the molecule is c1c(C2CCCCC2)[nH]c2c1CSCC2. The lowest BCUT2D eigenvalue weighted by atomic mass is 9.87. The van der Waals surface area contributed by atoms with Gasteiger partial charge in [0.15, 0.2) is 0 Å². The van der Waals surface area contributed by atoms with E-state index in [-0.39, 0.29) is 0 Å². The Morgan fingerprint density at radius 1 is 1.20 bits per heavy atom. The maximum Gasteiger partial charge on any atom is 0.0202 e. The Balaban J connectivity index is 1.82. The van der Waals surface area contributed by atoms with Crippen molar-refractivity contribution in [3.63, 3.8) is 0 Å². The molecule has 1 fully saturated rings. The summed E-state index contributed by atoms with van der Waals surface area (Å²) in [5.74, 6) is 3.38. The van der Waals surface area contributed by atoms with E-state index in [9.17, 15) is 0 Å². The lowest BCUT2D eigenvalue weighted by Gasteiger charge is -2.20. The minimum atomic E-state index is 0.842. The van der Waals surface area contributed by atoms with Crippen LogP contribution in [0.1, 0.15) is 55.0 Å². The molecule has 3 rings (SSSR count). The molecule has 0 spiro atoms. The van der Waals surface area contributed by atoms with Crippen LogP contribution in [0, 0.1) is 0 Å². The molecule has 0 aromatic carbocycles. The maximum atomic E-state index is 3.69. The van der Waals surface area contributed by atoms with Crippen molar-refractivity contribution < 1.29 is 0 Å². The molecule has 15 heavy (non-hydrogen) atoms. The monoisotopic (exact) mass is 221 g/mol. The van der Waals surface area contributed by atoms with Crippen LogP contribution in [0.2, 0.25) is 0 Å². The standard InChI is InChI=1S/C13H19NS/c1-2-4-10(5-3-1)13-8-11-9-15-7-6-12(11)14-13/h8,10,14H,1-7,9H2. The van der Waals surface area contributed by atoms with Crippen molar-refractivity contribution in [3.05, 3.63) is 23.0 Å². The van der Waals surface area contributed by atoms with Crippen molar-refractivity contribution in [2.24, 2.45) is 0 Å². The lowest BCUT2D eigenvalue weighted by Crippen LogP contribution is -2.05. The fourth-order valence-electron chi connectivity index (χ4n) is 2.91. The molecular formula is C13H19NS. The van der Waals surface area contributed by atoms with Gasteiger partial charge in [-0.25, -0.2) is 0 Å². The molecular weight excluding hydrogens is 202 g/mol. The predicted molar refractivity (Wildman–Crippen MR) is 66.5 cm³/mol. The largest absolute Gasteiger partial charge is 0.362 e. The van der Waals surface area contributed by atoms with Gasteiger partial charge in [-0.1, -0.05) is 19.3 Å². The molecule has 0 amide bonds. The van der Waals surface area contributed by atoms with E-state index in [1.165, 1.54) is 55.7 Å². The summed E-state index contributed by atoms with van der Waals surface area (Å²) < 4.78 is 0. The van der Waals surface area contributed by atoms with E-state index in [4.69, 9.17) is 0 Å². The van der Waals surface area contributed by atoms with E-state index in [0.29, 0.717) is 0 Å². The van der Waals surface area contributed by atoms with E-state index in [1.54, 1.807) is 11.3 Å². The number of rotatable bonds is 1. The summed E-state index contributed by atoms with van der Waals surface area (Å²) in [5, 5.41) is 0. The maximum absolute atomic E-state index is 3.69. The molecule has 2 heteroatoms. The Morgan fingerprint density at radius 2 is 2.07 bits per heavy atom. The lowest BCUT2D eigenvalue weighted by molar-refractivity contribution is 0.437. The van der Waals surface area contributed by atoms with E-state index < -0.39 is 0 Å². The van der Waals surface area contributed by atoms with E-state index >= 15 is 0 Å². The second kappa shape index (κ2) is 4.25. The van der Waals surface area contributed by atoms with E-state index in [1.807, 2.05) is 0 Å².